The Morgan fingerprint density at radius 2 is 2.17 bits per heavy atom. The lowest BCUT2D eigenvalue weighted by Crippen LogP contribution is -2.40. The number of pyridine rings is 1. The van der Waals surface area contributed by atoms with Gasteiger partial charge >= 0.3 is 0 Å². The Morgan fingerprint density at radius 3 is 2.83 bits per heavy atom. The molecule has 1 amide bonds. The van der Waals surface area contributed by atoms with Gasteiger partial charge in [-0.25, -0.2) is 4.98 Å². The number of aromatic nitrogens is 1. The predicted molar refractivity (Wildman–Crippen MR) is 71.6 cm³/mol. The highest BCUT2D eigenvalue weighted by Crippen LogP contribution is 2.10. The molecule has 0 radical (unpaired) electrons. The molecule has 0 aliphatic carbocycles. The fraction of sp³-hybridized carbons (Fsp3) is 0.571. The van der Waals surface area contributed by atoms with Crippen molar-refractivity contribution in [3.8, 4) is 0 Å². The lowest BCUT2D eigenvalue weighted by molar-refractivity contribution is 0.0935. The summed E-state index contributed by atoms with van der Waals surface area (Å²) in [4.78, 5) is 18.6. The van der Waals surface area contributed by atoms with Crippen LogP contribution in [0.3, 0.4) is 0 Å². The molecule has 98 valence electrons. The number of amides is 1. The fourth-order valence-electron chi connectivity index (χ4n) is 2.31. The van der Waals surface area contributed by atoms with E-state index in [1.807, 2.05) is 19.1 Å². The van der Waals surface area contributed by atoms with Crippen molar-refractivity contribution in [2.45, 2.75) is 32.7 Å². The van der Waals surface area contributed by atoms with Crippen LogP contribution in [0.25, 0.3) is 0 Å². The van der Waals surface area contributed by atoms with Crippen LogP contribution in [0.5, 0.6) is 0 Å². The summed E-state index contributed by atoms with van der Waals surface area (Å²) in [6.07, 6.45) is 2.55. The van der Waals surface area contributed by atoms with Crippen molar-refractivity contribution in [3.63, 3.8) is 0 Å². The molecule has 1 aromatic rings. The van der Waals surface area contributed by atoms with E-state index in [9.17, 15) is 4.79 Å². The molecule has 2 heterocycles. The highest BCUT2D eigenvalue weighted by Gasteiger charge is 2.18. The minimum Gasteiger partial charge on any atom is -0.349 e. The van der Waals surface area contributed by atoms with E-state index in [0.29, 0.717) is 18.3 Å². The van der Waals surface area contributed by atoms with Crippen molar-refractivity contribution < 1.29 is 4.79 Å². The van der Waals surface area contributed by atoms with Crippen LogP contribution in [0.15, 0.2) is 18.2 Å². The van der Waals surface area contributed by atoms with Crippen molar-refractivity contribution in [1.29, 1.82) is 0 Å². The van der Waals surface area contributed by atoms with E-state index in [4.69, 9.17) is 0 Å². The maximum Gasteiger partial charge on any atom is 0.269 e. The van der Waals surface area contributed by atoms with E-state index in [-0.39, 0.29) is 5.91 Å². The first kappa shape index (κ1) is 13.0. The number of rotatable bonds is 4. The van der Waals surface area contributed by atoms with E-state index in [2.05, 4.69) is 22.1 Å². The Balaban J connectivity index is 1.84. The normalized spacial score (nSPS) is 17.7. The molecule has 18 heavy (non-hydrogen) atoms. The molecule has 1 saturated heterocycles. The number of likely N-dealkylation sites (tertiary alicyclic amines) is 1. The smallest absolute Gasteiger partial charge is 0.269 e. The number of aryl methyl sites for hydroxylation is 1. The van der Waals surface area contributed by atoms with Gasteiger partial charge in [0.05, 0.1) is 0 Å². The lowest BCUT2D eigenvalue weighted by Gasteiger charge is -2.23. The van der Waals surface area contributed by atoms with Crippen molar-refractivity contribution >= 4 is 5.91 Å². The monoisotopic (exact) mass is 247 g/mol. The molecule has 1 aliphatic rings. The van der Waals surface area contributed by atoms with Gasteiger partial charge in [0, 0.05) is 18.3 Å². The highest BCUT2D eigenvalue weighted by molar-refractivity contribution is 5.92. The van der Waals surface area contributed by atoms with Crippen LogP contribution in [-0.2, 0) is 0 Å². The maximum absolute atomic E-state index is 11.9. The van der Waals surface area contributed by atoms with Gasteiger partial charge in [0.15, 0.2) is 0 Å². The molecule has 0 unspecified atom stereocenters. The zero-order valence-electron chi connectivity index (χ0n) is 11.1. The molecule has 0 saturated carbocycles. The minimum atomic E-state index is -0.0789. The molecule has 1 aliphatic heterocycles. The second-order valence-corrected chi connectivity index (χ2v) is 4.97. The number of carbonyl (C=O) groups excluding carboxylic acids is 1. The molecule has 2 rings (SSSR count). The summed E-state index contributed by atoms with van der Waals surface area (Å²) in [5.41, 5.74) is 1.37. The van der Waals surface area contributed by atoms with E-state index in [1.54, 1.807) is 6.07 Å². The van der Waals surface area contributed by atoms with Crippen molar-refractivity contribution in [2.24, 2.45) is 0 Å². The molecule has 0 aromatic carbocycles. The van der Waals surface area contributed by atoms with Crippen LogP contribution in [0.4, 0.5) is 0 Å². The molecule has 4 nitrogen and oxygen atoms in total. The largest absolute Gasteiger partial charge is 0.349 e. The van der Waals surface area contributed by atoms with Crippen LogP contribution in [-0.4, -0.2) is 41.5 Å². The van der Waals surface area contributed by atoms with Crippen LogP contribution < -0.4 is 5.32 Å². The van der Waals surface area contributed by atoms with Gasteiger partial charge in [-0.2, -0.15) is 0 Å². The third-order valence-electron chi connectivity index (χ3n) is 3.44. The van der Waals surface area contributed by atoms with Crippen LogP contribution in [0.2, 0.25) is 0 Å². The van der Waals surface area contributed by atoms with E-state index in [1.165, 1.54) is 12.8 Å². The molecule has 1 aromatic heterocycles. The summed E-state index contributed by atoms with van der Waals surface area (Å²) >= 11 is 0. The molecule has 0 bridgehead atoms. The minimum absolute atomic E-state index is 0.0789. The second-order valence-electron chi connectivity index (χ2n) is 4.97. The van der Waals surface area contributed by atoms with Crippen molar-refractivity contribution in [3.05, 3.63) is 29.6 Å². The molecule has 1 atom stereocenters. The maximum atomic E-state index is 11.9. The van der Waals surface area contributed by atoms with Gasteiger partial charge in [-0.05, 0) is 51.9 Å². The molecular weight excluding hydrogens is 226 g/mol. The Hall–Kier alpha value is -1.42. The van der Waals surface area contributed by atoms with Crippen LogP contribution in [0.1, 0.15) is 35.9 Å². The Labute approximate surface area is 108 Å². The fourth-order valence-corrected chi connectivity index (χ4v) is 2.31. The summed E-state index contributed by atoms with van der Waals surface area (Å²) < 4.78 is 0. The first-order valence-corrected chi connectivity index (χ1v) is 6.63. The van der Waals surface area contributed by atoms with E-state index >= 15 is 0 Å². The molecule has 0 spiro atoms. The van der Waals surface area contributed by atoms with Gasteiger partial charge < -0.3 is 5.32 Å². The van der Waals surface area contributed by atoms with Gasteiger partial charge in [0.25, 0.3) is 5.91 Å². The number of hydrogen-bond donors (Lipinski definition) is 1. The van der Waals surface area contributed by atoms with E-state index in [0.717, 1.165) is 18.8 Å². The van der Waals surface area contributed by atoms with Gasteiger partial charge in [-0.1, -0.05) is 6.07 Å². The lowest BCUT2D eigenvalue weighted by atomic mass is 10.2. The number of nitrogens with zero attached hydrogens (tertiary/aromatic N) is 2. The summed E-state index contributed by atoms with van der Waals surface area (Å²) in [7, 11) is 0. The highest BCUT2D eigenvalue weighted by atomic mass is 16.1. The van der Waals surface area contributed by atoms with Crippen molar-refractivity contribution in [2.75, 3.05) is 19.6 Å². The number of hydrogen-bond acceptors (Lipinski definition) is 3. The van der Waals surface area contributed by atoms with Crippen molar-refractivity contribution in [1.82, 2.24) is 15.2 Å². The van der Waals surface area contributed by atoms with Crippen LogP contribution >= 0.6 is 0 Å². The second kappa shape index (κ2) is 5.96. The Bertz CT molecular complexity index is 413. The SMILES string of the molecule is Cc1cccc(C(=O)NC[C@H](C)N2CCCC2)n1. The van der Waals surface area contributed by atoms with Crippen LogP contribution in [0, 0.1) is 6.92 Å². The third-order valence-corrected chi connectivity index (χ3v) is 3.44. The zero-order valence-corrected chi connectivity index (χ0v) is 11.1. The molecule has 1 fully saturated rings. The first-order valence-electron chi connectivity index (χ1n) is 6.63. The van der Waals surface area contributed by atoms with Gasteiger partial charge in [0.2, 0.25) is 0 Å². The number of nitrogens with one attached hydrogen (secondary N) is 1. The molecule has 4 heteroatoms. The summed E-state index contributed by atoms with van der Waals surface area (Å²) in [5.74, 6) is -0.0789. The van der Waals surface area contributed by atoms with Gasteiger partial charge in [-0.15, -0.1) is 0 Å². The zero-order chi connectivity index (χ0) is 13.0. The first-order chi connectivity index (χ1) is 8.66. The molecule has 1 N–H and O–H groups in total. The van der Waals surface area contributed by atoms with Gasteiger partial charge in [0.1, 0.15) is 5.69 Å². The van der Waals surface area contributed by atoms with E-state index < -0.39 is 0 Å². The topological polar surface area (TPSA) is 45.2 Å². The summed E-state index contributed by atoms with van der Waals surface area (Å²) in [5, 5.41) is 2.96. The standard InChI is InChI=1S/C14H21N3O/c1-11-6-5-7-13(16-11)14(18)15-10-12(2)17-8-3-4-9-17/h5-7,12H,3-4,8-10H2,1-2H3,(H,15,18)/t12-/m0/s1. The predicted octanol–water partition coefficient (Wildman–Crippen LogP) is 1.60. The molecular formula is C14H21N3O. The average Bonchev–Trinajstić information content (AvgIpc) is 2.89. The Kier molecular flexibility index (Phi) is 4.31. The Morgan fingerprint density at radius 1 is 1.44 bits per heavy atom. The number of carbonyl (C=O) groups is 1. The summed E-state index contributed by atoms with van der Waals surface area (Å²) in [6, 6.07) is 5.91. The average molecular weight is 247 g/mol. The van der Waals surface area contributed by atoms with Gasteiger partial charge in [-0.3, -0.25) is 9.69 Å². The third kappa shape index (κ3) is 3.29. The quantitative estimate of drug-likeness (QED) is 0.879. The summed E-state index contributed by atoms with van der Waals surface area (Å²) in [6.45, 7) is 7.05.